The third-order valence-corrected chi connectivity index (χ3v) is 2.28. The summed E-state index contributed by atoms with van der Waals surface area (Å²) in [4.78, 5) is 14.9. The lowest BCUT2D eigenvalue weighted by atomic mass is 10.2. The molecule has 0 saturated heterocycles. The fourth-order valence-electron chi connectivity index (χ4n) is 1.12. The Labute approximate surface area is 93.6 Å². The Hall–Kier alpha value is -1.47. The number of rotatable bonds is 4. The van der Waals surface area contributed by atoms with Gasteiger partial charge in [-0.25, -0.2) is 0 Å². The molecule has 0 aliphatic carbocycles. The van der Waals surface area contributed by atoms with Crippen molar-refractivity contribution in [3.8, 4) is 0 Å². The first-order chi connectivity index (χ1) is 7.29. The molecule has 1 rings (SSSR count). The molecule has 1 unspecified atom stereocenters. The van der Waals surface area contributed by atoms with Gasteiger partial charge < -0.3 is 5.73 Å². The van der Waals surface area contributed by atoms with E-state index in [0.29, 0.717) is 0 Å². The molecule has 1 heterocycles. The summed E-state index contributed by atoms with van der Waals surface area (Å²) in [5.74, 6) is -0.900. The van der Waals surface area contributed by atoms with Crippen molar-refractivity contribution < 1.29 is 17.4 Å². The molecule has 0 radical (unpaired) electrons. The van der Waals surface area contributed by atoms with Crippen molar-refractivity contribution in [2.75, 3.05) is 6.26 Å². The second-order valence-corrected chi connectivity index (χ2v) is 4.94. The monoisotopic (exact) mass is 244 g/mol. The Morgan fingerprint density at radius 3 is 2.62 bits per heavy atom. The Bertz CT molecular complexity index is 498. The maximum Gasteiger partial charge on any atom is 0.265 e. The molecule has 1 aromatic heterocycles. The molecule has 1 aromatic rings. The molecule has 16 heavy (non-hydrogen) atoms. The molecule has 0 fully saturated rings. The third-order valence-electron chi connectivity index (χ3n) is 1.73. The third kappa shape index (κ3) is 3.59. The number of amides is 1. The van der Waals surface area contributed by atoms with Crippen LogP contribution in [0.3, 0.4) is 0 Å². The molecule has 6 nitrogen and oxygen atoms in total. The van der Waals surface area contributed by atoms with Crippen molar-refractivity contribution >= 4 is 16.0 Å². The Morgan fingerprint density at radius 2 is 2.19 bits per heavy atom. The molecule has 0 saturated carbocycles. The molecular formula is C9H12N2O4S. The predicted molar refractivity (Wildman–Crippen MR) is 56.8 cm³/mol. The number of nitrogens with two attached hydrogens (primary N) is 1. The zero-order valence-corrected chi connectivity index (χ0v) is 9.69. The zero-order valence-electron chi connectivity index (χ0n) is 8.88. The Morgan fingerprint density at radius 1 is 1.56 bits per heavy atom. The van der Waals surface area contributed by atoms with E-state index in [1.54, 1.807) is 19.1 Å². The number of hydrogen-bond acceptors (Lipinski definition) is 5. The number of hydrogen-bond donors (Lipinski definition) is 1. The van der Waals surface area contributed by atoms with E-state index in [4.69, 9.17) is 5.73 Å². The first-order valence-electron chi connectivity index (χ1n) is 4.40. The highest BCUT2D eigenvalue weighted by Gasteiger charge is 2.24. The lowest BCUT2D eigenvalue weighted by molar-refractivity contribution is -0.124. The van der Waals surface area contributed by atoms with Gasteiger partial charge in [-0.1, -0.05) is 0 Å². The van der Waals surface area contributed by atoms with Crippen LogP contribution in [0.1, 0.15) is 17.4 Å². The maximum absolute atomic E-state index is 11.1. The van der Waals surface area contributed by atoms with Crippen LogP contribution in [-0.2, 0) is 19.1 Å². The minimum Gasteiger partial charge on any atom is -0.367 e. The molecule has 0 aliphatic heterocycles. The molecule has 1 atom stereocenters. The van der Waals surface area contributed by atoms with Crippen molar-refractivity contribution in [3.05, 3.63) is 29.6 Å². The van der Waals surface area contributed by atoms with Crippen LogP contribution in [0.5, 0.6) is 0 Å². The van der Waals surface area contributed by atoms with Gasteiger partial charge in [0.1, 0.15) is 0 Å². The largest absolute Gasteiger partial charge is 0.367 e. The van der Waals surface area contributed by atoms with Crippen molar-refractivity contribution in [2.24, 2.45) is 5.73 Å². The lowest BCUT2D eigenvalue weighted by Gasteiger charge is -2.12. The quantitative estimate of drug-likeness (QED) is 0.745. The van der Waals surface area contributed by atoms with Crippen molar-refractivity contribution in [3.63, 3.8) is 0 Å². The summed E-state index contributed by atoms with van der Waals surface area (Å²) in [6.07, 6.45) is 0.917. The number of primary amides is 1. The summed E-state index contributed by atoms with van der Waals surface area (Å²) >= 11 is 0. The molecule has 88 valence electrons. The number of aryl methyl sites for hydroxylation is 1. The van der Waals surface area contributed by atoms with E-state index in [0.717, 1.165) is 11.8 Å². The Balaban J connectivity index is 3.08. The standard InChI is InChI=1S/C9H12N2O4S/c1-6-3-4-11-7(5-6)8(9(10)12)15-16(2,13)14/h3-5,8H,1-2H3,(H2,10,12). The van der Waals surface area contributed by atoms with E-state index >= 15 is 0 Å². The van der Waals surface area contributed by atoms with Crippen LogP contribution in [0, 0.1) is 6.92 Å². The summed E-state index contributed by atoms with van der Waals surface area (Å²) < 4.78 is 26.5. The summed E-state index contributed by atoms with van der Waals surface area (Å²) in [7, 11) is -3.77. The van der Waals surface area contributed by atoms with E-state index in [1.165, 1.54) is 6.20 Å². The minimum absolute atomic E-state index is 0.179. The minimum atomic E-state index is -3.77. The summed E-state index contributed by atoms with van der Waals surface area (Å²) in [5, 5.41) is 0. The van der Waals surface area contributed by atoms with Crippen molar-refractivity contribution in [2.45, 2.75) is 13.0 Å². The number of aromatic nitrogens is 1. The molecule has 0 bridgehead atoms. The van der Waals surface area contributed by atoms with Crippen LogP contribution in [0.15, 0.2) is 18.3 Å². The first-order valence-corrected chi connectivity index (χ1v) is 6.21. The number of nitrogens with zero attached hydrogens (tertiary/aromatic N) is 1. The van der Waals surface area contributed by atoms with Gasteiger partial charge in [0.15, 0.2) is 6.10 Å². The van der Waals surface area contributed by atoms with Gasteiger partial charge in [-0.15, -0.1) is 0 Å². The van der Waals surface area contributed by atoms with Gasteiger partial charge in [-0.3, -0.25) is 14.0 Å². The van der Waals surface area contributed by atoms with E-state index in [1.807, 2.05) is 0 Å². The van der Waals surface area contributed by atoms with Gasteiger partial charge in [0.05, 0.1) is 11.9 Å². The lowest BCUT2D eigenvalue weighted by Crippen LogP contribution is -2.26. The fraction of sp³-hybridized carbons (Fsp3) is 0.333. The van der Waals surface area contributed by atoms with Gasteiger partial charge in [-0.05, 0) is 24.6 Å². The zero-order chi connectivity index (χ0) is 12.3. The maximum atomic E-state index is 11.1. The second-order valence-electron chi connectivity index (χ2n) is 3.34. The molecule has 0 spiro atoms. The number of pyridine rings is 1. The Kier molecular flexibility index (Phi) is 3.61. The molecule has 0 aromatic carbocycles. The normalized spacial score (nSPS) is 13.4. The van der Waals surface area contributed by atoms with Gasteiger partial charge in [0, 0.05) is 6.20 Å². The van der Waals surface area contributed by atoms with Crippen LogP contribution in [-0.4, -0.2) is 25.6 Å². The SMILES string of the molecule is Cc1ccnc(C(OS(C)(=O)=O)C(N)=O)c1. The molecule has 7 heteroatoms. The van der Waals surface area contributed by atoms with Crippen LogP contribution < -0.4 is 5.73 Å². The van der Waals surface area contributed by atoms with Crippen molar-refractivity contribution in [1.82, 2.24) is 4.98 Å². The van der Waals surface area contributed by atoms with E-state index < -0.39 is 22.1 Å². The van der Waals surface area contributed by atoms with Gasteiger partial charge >= 0.3 is 0 Å². The highest BCUT2D eigenvalue weighted by Crippen LogP contribution is 2.17. The van der Waals surface area contributed by atoms with Gasteiger partial charge in [-0.2, -0.15) is 8.42 Å². The fourth-order valence-corrected chi connectivity index (χ4v) is 1.66. The van der Waals surface area contributed by atoms with Crippen LogP contribution in [0.25, 0.3) is 0 Å². The van der Waals surface area contributed by atoms with E-state index in [-0.39, 0.29) is 5.69 Å². The molecule has 0 aliphatic rings. The molecule has 2 N–H and O–H groups in total. The highest BCUT2D eigenvalue weighted by atomic mass is 32.2. The van der Waals surface area contributed by atoms with Gasteiger partial charge in [0.2, 0.25) is 0 Å². The smallest absolute Gasteiger partial charge is 0.265 e. The number of carbonyl (C=O) groups is 1. The second kappa shape index (κ2) is 4.58. The van der Waals surface area contributed by atoms with E-state index in [2.05, 4.69) is 9.17 Å². The van der Waals surface area contributed by atoms with Crippen LogP contribution in [0.2, 0.25) is 0 Å². The molecular weight excluding hydrogens is 232 g/mol. The van der Waals surface area contributed by atoms with E-state index in [9.17, 15) is 13.2 Å². The van der Waals surface area contributed by atoms with Crippen LogP contribution >= 0.6 is 0 Å². The topological polar surface area (TPSA) is 99.3 Å². The van der Waals surface area contributed by atoms with Gasteiger partial charge in [0.25, 0.3) is 16.0 Å². The first kappa shape index (κ1) is 12.6. The summed E-state index contributed by atoms with van der Waals surface area (Å²) in [6, 6.07) is 3.25. The average molecular weight is 244 g/mol. The number of carbonyl (C=O) groups excluding carboxylic acids is 1. The summed E-state index contributed by atoms with van der Waals surface area (Å²) in [5.41, 5.74) is 6.06. The molecule has 1 amide bonds. The summed E-state index contributed by atoms with van der Waals surface area (Å²) in [6.45, 7) is 1.78. The predicted octanol–water partition coefficient (Wildman–Crippen LogP) is -0.107. The van der Waals surface area contributed by atoms with Crippen LogP contribution in [0.4, 0.5) is 0 Å². The average Bonchev–Trinajstić information content (AvgIpc) is 2.12. The van der Waals surface area contributed by atoms with Crippen molar-refractivity contribution in [1.29, 1.82) is 0 Å². The highest BCUT2D eigenvalue weighted by molar-refractivity contribution is 7.86.